The van der Waals surface area contributed by atoms with Crippen LogP contribution in [0.2, 0.25) is 0 Å². The summed E-state index contributed by atoms with van der Waals surface area (Å²) in [4.78, 5) is 0. The molecule has 0 aliphatic carbocycles. The van der Waals surface area contributed by atoms with Gasteiger partial charge in [0.1, 0.15) is 17.2 Å². The quantitative estimate of drug-likeness (QED) is 0.822. The Kier molecular flexibility index (Phi) is 3.53. The minimum absolute atomic E-state index is 0.0814. The predicted octanol–water partition coefficient (Wildman–Crippen LogP) is 4.11. The molecule has 2 aromatic rings. The van der Waals surface area contributed by atoms with Crippen LogP contribution in [0, 0.1) is 12.7 Å². The van der Waals surface area contributed by atoms with E-state index in [1.807, 2.05) is 20.9 Å². The highest BCUT2D eigenvalue weighted by molar-refractivity contribution is 5.82. The zero-order chi connectivity index (χ0) is 13.3. The molecule has 0 radical (unpaired) electrons. The molecule has 0 aliphatic rings. The SMILES string of the molecule is C=C(C)CC(NC)c1oc2ccc(F)cc2c1C. The lowest BCUT2D eigenvalue weighted by Crippen LogP contribution is -2.16. The Labute approximate surface area is 106 Å². The second-order valence-electron chi connectivity index (χ2n) is 4.73. The molecule has 3 heteroatoms. The first-order chi connectivity index (χ1) is 8.52. The molecule has 18 heavy (non-hydrogen) atoms. The van der Waals surface area contributed by atoms with Crippen LogP contribution in [0.1, 0.15) is 30.7 Å². The molecule has 1 atom stereocenters. The first-order valence-electron chi connectivity index (χ1n) is 6.03. The summed E-state index contributed by atoms with van der Waals surface area (Å²) in [5.74, 6) is 0.625. The molecule has 0 aliphatic heterocycles. The molecule has 0 amide bonds. The average molecular weight is 247 g/mol. The van der Waals surface area contributed by atoms with E-state index in [4.69, 9.17) is 4.42 Å². The normalized spacial score (nSPS) is 12.9. The molecule has 0 spiro atoms. The lowest BCUT2D eigenvalue weighted by Gasteiger charge is -2.14. The van der Waals surface area contributed by atoms with Crippen molar-refractivity contribution in [2.24, 2.45) is 0 Å². The van der Waals surface area contributed by atoms with E-state index in [0.29, 0.717) is 0 Å². The maximum Gasteiger partial charge on any atom is 0.134 e. The molecule has 1 aromatic carbocycles. The minimum Gasteiger partial charge on any atom is -0.459 e. The maximum atomic E-state index is 13.2. The summed E-state index contributed by atoms with van der Waals surface area (Å²) >= 11 is 0. The van der Waals surface area contributed by atoms with Crippen LogP contribution in [-0.2, 0) is 0 Å². The van der Waals surface area contributed by atoms with Gasteiger partial charge in [-0.3, -0.25) is 0 Å². The largest absolute Gasteiger partial charge is 0.459 e. The highest BCUT2D eigenvalue weighted by atomic mass is 19.1. The minimum atomic E-state index is -0.237. The molecule has 1 heterocycles. The topological polar surface area (TPSA) is 25.2 Å². The van der Waals surface area contributed by atoms with E-state index < -0.39 is 0 Å². The van der Waals surface area contributed by atoms with Crippen LogP contribution in [0.3, 0.4) is 0 Å². The fourth-order valence-electron chi connectivity index (χ4n) is 2.22. The number of rotatable bonds is 4. The predicted molar refractivity (Wildman–Crippen MR) is 72.1 cm³/mol. The Bertz CT molecular complexity index is 585. The van der Waals surface area contributed by atoms with Crippen LogP contribution < -0.4 is 5.32 Å². The number of fused-ring (bicyclic) bond motifs is 1. The van der Waals surface area contributed by atoms with E-state index in [-0.39, 0.29) is 11.9 Å². The van der Waals surface area contributed by atoms with E-state index in [1.165, 1.54) is 12.1 Å². The highest BCUT2D eigenvalue weighted by Crippen LogP contribution is 2.32. The van der Waals surface area contributed by atoms with Crippen molar-refractivity contribution in [3.63, 3.8) is 0 Å². The van der Waals surface area contributed by atoms with Crippen LogP contribution in [0.15, 0.2) is 34.8 Å². The zero-order valence-corrected chi connectivity index (χ0v) is 11.0. The lowest BCUT2D eigenvalue weighted by atomic mass is 10.0. The van der Waals surface area contributed by atoms with Gasteiger partial charge < -0.3 is 9.73 Å². The van der Waals surface area contributed by atoms with Crippen molar-refractivity contribution in [3.05, 3.63) is 47.5 Å². The molecular weight excluding hydrogens is 229 g/mol. The van der Waals surface area contributed by atoms with Gasteiger partial charge in [0, 0.05) is 10.9 Å². The summed E-state index contributed by atoms with van der Waals surface area (Å²) in [6.45, 7) is 7.87. The molecule has 0 bridgehead atoms. The second-order valence-corrected chi connectivity index (χ2v) is 4.73. The fraction of sp³-hybridized carbons (Fsp3) is 0.333. The van der Waals surface area contributed by atoms with Gasteiger partial charge in [0.25, 0.3) is 0 Å². The fourth-order valence-corrected chi connectivity index (χ4v) is 2.22. The first kappa shape index (κ1) is 12.8. The van der Waals surface area contributed by atoms with Crippen LogP contribution in [0.4, 0.5) is 4.39 Å². The van der Waals surface area contributed by atoms with E-state index in [0.717, 1.165) is 34.3 Å². The van der Waals surface area contributed by atoms with Crippen molar-refractivity contribution >= 4 is 11.0 Å². The Morgan fingerprint density at radius 2 is 2.22 bits per heavy atom. The number of aryl methyl sites for hydroxylation is 1. The molecule has 0 fully saturated rings. The molecular formula is C15H18FNO. The van der Waals surface area contributed by atoms with Gasteiger partial charge in [0.15, 0.2) is 0 Å². The van der Waals surface area contributed by atoms with Gasteiger partial charge in [-0.05, 0) is 45.5 Å². The monoisotopic (exact) mass is 247 g/mol. The van der Waals surface area contributed by atoms with E-state index in [2.05, 4.69) is 11.9 Å². The Hall–Kier alpha value is -1.61. The summed E-state index contributed by atoms with van der Waals surface area (Å²) in [5.41, 5.74) is 2.80. The van der Waals surface area contributed by atoms with E-state index >= 15 is 0 Å². The van der Waals surface area contributed by atoms with Crippen molar-refractivity contribution < 1.29 is 8.81 Å². The standard InChI is InChI=1S/C15H18FNO/c1-9(2)7-13(17-4)15-10(3)12-8-11(16)5-6-14(12)18-15/h5-6,8,13,17H,1,7H2,2-4H3. The smallest absolute Gasteiger partial charge is 0.134 e. The number of halogens is 1. The maximum absolute atomic E-state index is 13.2. The number of nitrogens with one attached hydrogen (secondary N) is 1. The van der Waals surface area contributed by atoms with Crippen molar-refractivity contribution in [1.82, 2.24) is 5.32 Å². The first-order valence-corrected chi connectivity index (χ1v) is 6.03. The van der Waals surface area contributed by atoms with Gasteiger partial charge in [-0.1, -0.05) is 5.57 Å². The summed E-state index contributed by atoms with van der Waals surface area (Å²) < 4.78 is 19.1. The van der Waals surface area contributed by atoms with Gasteiger partial charge in [-0.15, -0.1) is 6.58 Å². The molecule has 1 aromatic heterocycles. The van der Waals surface area contributed by atoms with Crippen LogP contribution in [0.25, 0.3) is 11.0 Å². The number of furan rings is 1. The van der Waals surface area contributed by atoms with Crippen molar-refractivity contribution in [3.8, 4) is 0 Å². The van der Waals surface area contributed by atoms with Gasteiger partial charge in [0.05, 0.1) is 6.04 Å². The number of benzene rings is 1. The second kappa shape index (κ2) is 4.94. The van der Waals surface area contributed by atoms with E-state index in [9.17, 15) is 4.39 Å². The van der Waals surface area contributed by atoms with Gasteiger partial charge in [-0.2, -0.15) is 0 Å². The Morgan fingerprint density at radius 1 is 1.50 bits per heavy atom. The van der Waals surface area contributed by atoms with Gasteiger partial charge in [-0.25, -0.2) is 4.39 Å². The summed E-state index contributed by atoms with van der Waals surface area (Å²) in [6.07, 6.45) is 0.805. The van der Waals surface area contributed by atoms with E-state index in [1.54, 1.807) is 6.07 Å². The van der Waals surface area contributed by atoms with Gasteiger partial charge >= 0.3 is 0 Å². The molecule has 1 unspecified atom stereocenters. The third-order valence-electron chi connectivity index (χ3n) is 3.15. The molecule has 2 rings (SSSR count). The van der Waals surface area contributed by atoms with Crippen molar-refractivity contribution in [2.45, 2.75) is 26.3 Å². The lowest BCUT2D eigenvalue weighted by molar-refractivity contribution is 0.447. The number of hydrogen-bond acceptors (Lipinski definition) is 2. The van der Waals surface area contributed by atoms with Gasteiger partial charge in [0.2, 0.25) is 0 Å². The molecule has 96 valence electrons. The van der Waals surface area contributed by atoms with Crippen molar-refractivity contribution in [1.29, 1.82) is 0 Å². The summed E-state index contributed by atoms with van der Waals surface area (Å²) in [5, 5.41) is 4.06. The third kappa shape index (κ3) is 2.31. The molecule has 0 saturated heterocycles. The number of hydrogen-bond donors (Lipinski definition) is 1. The Balaban J connectivity index is 2.50. The summed E-state index contributed by atoms with van der Waals surface area (Å²) in [7, 11) is 1.89. The zero-order valence-electron chi connectivity index (χ0n) is 11.0. The van der Waals surface area contributed by atoms with Crippen LogP contribution in [0.5, 0.6) is 0 Å². The van der Waals surface area contributed by atoms with Crippen LogP contribution >= 0.6 is 0 Å². The molecule has 1 N–H and O–H groups in total. The summed E-state index contributed by atoms with van der Waals surface area (Å²) in [6, 6.07) is 4.69. The van der Waals surface area contributed by atoms with Crippen molar-refractivity contribution in [2.75, 3.05) is 7.05 Å². The Morgan fingerprint density at radius 3 is 2.83 bits per heavy atom. The molecule has 0 saturated carbocycles. The highest BCUT2D eigenvalue weighted by Gasteiger charge is 2.19. The third-order valence-corrected chi connectivity index (χ3v) is 3.15. The molecule has 2 nitrogen and oxygen atoms in total. The average Bonchev–Trinajstić information content (AvgIpc) is 2.64. The van der Waals surface area contributed by atoms with Crippen LogP contribution in [-0.4, -0.2) is 7.05 Å².